The molecule has 5 heteroatoms. The molecule has 1 aliphatic rings. The van der Waals surface area contributed by atoms with E-state index in [1.807, 2.05) is 12.1 Å². The van der Waals surface area contributed by atoms with Gasteiger partial charge >= 0.3 is 0 Å². The molecule has 0 atom stereocenters. The number of ether oxygens (including phenoxy) is 1. The molecule has 0 fully saturated rings. The van der Waals surface area contributed by atoms with Gasteiger partial charge < -0.3 is 15.8 Å². The first-order chi connectivity index (χ1) is 11.8. The smallest absolute Gasteiger partial charge is 0.193 e. The van der Waals surface area contributed by atoms with E-state index in [1.165, 1.54) is 36.0 Å². The van der Waals surface area contributed by atoms with Crippen LogP contribution in [0, 0.1) is 0 Å². The number of benzene rings is 2. The number of rotatable bonds is 5. The van der Waals surface area contributed by atoms with Gasteiger partial charge in [-0.15, -0.1) is 24.0 Å². The number of aryl methyl sites for hydroxylation is 1. The van der Waals surface area contributed by atoms with E-state index in [2.05, 4.69) is 40.6 Å². The largest absolute Gasteiger partial charge is 0.497 e. The molecule has 2 aromatic rings. The SMILES string of the molecule is COc1ccc(CCN=C(N)Nc2cccc3c2CCCC3)cc1.I. The summed E-state index contributed by atoms with van der Waals surface area (Å²) in [6.45, 7) is 0.667. The van der Waals surface area contributed by atoms with Gasteiger partial charge in [0.25, 0.3) is 0 Å². The molecular weight excluding hydrogens is 425 g/mol. The molecule has 3 N–H and O–H groups in total. The van der Waals surface area contributed by atoms with Gasteiger partial charge in [0.15, 0.2) is 5.96 Å². The predicted octanol–water partition coefficient (Wildman–Crippen LogP) is 4.16. The Bertz CT molecular complexity index is 713. The molecule has 134 valence electrons. The van der Waals surface area contributed by atoms with Crippen LogP contribution in [-0.2, 0) is 19.3 Å². The third-order valence-corrected chi connectivity index (χ3v) is 4.50. The van der Waals surface area contributed by atoms with Gasteiger partial charge in [0.2, 0.25) is 0 Å². The lowest BCUT2D eigenvalue weighted by atomic mass is 9.90. The van der Waals surface area contributed by atoms with Crippen molar-refractivity contribution in [3.05, 3.63) is 59.2 Å². The van der Waals surface area contributed by atoms with Gasteiger partial charge in [-0.2, -0.15) is 0 Å². The zero-order valence-corrected chi connectivity index (χ0v) is 17.0. The number of methoxy groups -OCH3 is 1. The van der Waals surface area contributed by atoms with Crippen molar-refractivity contribution in [2.45, 2.75) is 32.1 Å². The van der Waals surface area contributed by atoms with E-state index < -0.39 is 0 Å². The van der Waals surface area contributed by atoms with Gasteiger partial charge in [-0.1, -0.05) is 24.3 Å². The van der Waals surface area contributed by atoms with Crippen LogP contribution in [0.5, 0.6) is 5.75 Å². The average Bonchev–Trinajstić information content (AvgIpc) is 2.63. The number of fused-ring (bicyclic) bond motifs is 1. The molecule has 0 unspecified atom stereocenters. The average molecular weight is 451 g/mol. The number of halogens is 1. The van der Waals surface area contributed by atoms with Crippen molar-refractivity contribution in [3.8, 4) is 5.75 Å². The van der Waals surface area contributed by atoms with Gasteiger partial charge in [0, 0.05) is 12.2 Å². The van der Waals surface area contributed by atoms with E-state index in [-0.39, 0.29) is 24.0 Å². The molecule has 0 spiro atoms. The van der Waals surface area contributed by atoms with Gasteiger partial charge in [0.05, 0.1) is 7.11 Å². The molecule has 4 nitrogen and oxygen atoms in total. The number of aliphatic imine (C=N–C) groups is 1. The molecule has 0 saturated heterocycles. The highest BCUT2D eigenvalue weighted by atomic mass is 127. The van der Waals surface area contributed by atoms with Crippen LogP contribution in [0.4, 0.5) is 5.69 Å². The third-order valence-electron chi connectivity index (χ3n) is 4.50. The summed E-state index contributed by atoms with van der Waals surface area (Å²) in [6.07, 6.45) is 5.68. The van der Waals surface area contributed by atoms with Gasteiger partial charge in [0.1, 0.15) is 5.75 Å². The van der Waals surface area contributed by atoms with E-state index in [0.717, 1.165) is 24.3 Å². The summed E-state index contributed by atoms with van der Waals surface area (Å²) in [5, 5.41) is 3.28. The Morgan fingerprint density at radius 1 is 1.12 bits per heavy atom. The summed E-state index contributed by atoms with van der Waals surface area (Å²) in [6, 6.07) is 14.5. The quantitative estimate of drug-likeness (QED) is 0.408. The molecule has 0 aromatic heterocycles. The maximum atomic E-state index is 6.07. The molecule has 2 aromatic carbocycles. The summed E-state index contributed by atoms with van der Waals surface area (Å²) in [7, 11) is 1.67. The second-order valence-electron chi connectivity index (χ2n) is 6.14. The zero-order valence-electron chi connectivity index (χ0n) is 14.6. The van der Waals surface area contributed by atoms with Crippen LogP contribution in [0.15, 0.2) is 47.5 Å². The number of nitrogens with one attached hydrogen (secondary N) is 1. The second-order valence-corrected chi connectivity index (χ2v) is 6.14. The first-order valence-electron chi connectivity index (χ1n) is 8.57. The van der Waals surface area contributed by atoms with Crippen LogP contribution in [0.25, 0.3) is 0 Å². The van der Waals surface area contributed by atoms with Crippen molar-refractivity contribution >= 4 is 35.6 Å². The minimum Gasteiger partial charge on any atom is -0.497 e. The molecule has 0 heterocycles. The van der Waals surface area contributed by atoms with Crippen molar-refractivity contribution in [2.24, 2.45) is 10.7 Å². The lowest BCUT2D eigenvalue weighted by Gasteiger charge is -2.19. The van der Waals surface area contributed by atoms with Crippen molar-refractivity contribution in [2.75, 3.05) is 19.0 Å². The summed E-state index contributed by atoms with van der Waals surface area (Å²) in [5.74, 6) is 1.36. The molecule has 25 heavy (non-hydrogen) atoms. The van der Waals surface area contributed by atoms with E-state index in [1.54, 1.807) is 7.11 Å². The van der Waals surface area contributed by atoms with Crippen LogP contribution in [0.1, 0.15) is 29.5 Å². The molecule has 1 aliphatic carbocycles. The molecule has 0 bridgehead atoms. The van der Waals surface area contributed by atoms with Crippen LogP contribution in [0.3, 0.4) is 0 Å². The van der Waals surface area contributed by atoms with Gasteiger partial charge in [-0.25, -0.2) is 0 Å². The Balaban J connectivity index is 0.00000225. The highest BCUT2D eigenvalue weighted by Crippen LogP contribution is 2.27. The standard InChI is InChI=1S/C20H25N3O.HI/c1-24-17-11-9-15(10-12-17)13-14-22-20(21)23-19-8-4-6-16-5-2-3-7-18(16)19;/h4,6,8-12H,2-3,5,7,13-14H2,1H3,(H3,21,22,23);1H. The lowest BCUT2D eigenvalue weighted by Crippen LogP contribution is -2.24. The van der Waals surface area contributed by atoms with Crippen LogP contribution in [0.2, 0.25) is 0 Å². The fourth-order valence-electron chi connectivity index (χ4n) is 3.17. The summed E-state index contributed by atoms with van der Waals surface area (Å²) in [4.78, 5) is 4.46. The minimum atomic E-state index is 0. The molecule has 3 rings (SSSR count). The van der Waals surface area contributed by atoms with E-state index in [9.17, 15) is 0 Å². The van der Waals surface area contributed by atoms with Gasteiger partial charge in [-0.3, -0.25) is 4.99 Å². The first-order valence-corrected chi connectivity index (χ1v) is 8.57. The van der Waals surface area contributed by atoms with Crippen molar-refractivity contribution in [1.29, 1.82) is 0 Å². The highest BCUT2D eigenvalue weighted by molar-refractivity contribution is 14.0. The molecular formula is C20H26IN3O. The Kier molecular flexibility index (Phi) is 7.55. The van der Waals surface area contributed by atoms with Crippen LogP contribution >= 0.6 is 24.0 Å². The fraction of sp³-hybridized carbons (Fsp3) is 0.350. The van der Waals surface area contributed by atoms with E-state index in [0.29, 0.717) is 12.5 Å². The Morgan fingerprint density at radius 2 is 1.88 bits per heavy atom. The van der Waals surface area contributed by atoms with Crippen LogP contribution < -0.4 is 15.8 Å². The number of anilines is 1. The maximum Gasteiger partial charge on any atom is 0.193 e. The topological polar surface area (TPSA) is 59.6 Å². The predicted molar refractivity (Wildman–Crippen MR) is 115 cm³/mol. The zero-order chi connectivity index (χ0) is 16.8. The number of hydrogen-bond acceptors (Lipinski definition) is 2. The van der Waals surface area contributed by atoms with Crippen molar-refractivity contribution < 1.29 is 4.74 Å². The molecule has 0 amide bonds. The number of nitrogens with zero attached hydrogens (tertiary/aromatic N) is 1. The molecule has 0 saturated carbocycles. The van der Waals surface area contributed by atoms with E-state index >= 15 is 0 Å². The maximum absolute atomic E-state index is 6.07. The fourth-order valence-corrected chi connectivity index (χ4v) is 3.17. The Morgan fingerprint density at radius 3 is 2.64 bits per heavy atom. The normalized spacial score (nSPS) is 13.6. The Labute approximate surface area is 166 Å². The monoisotopic (exact) mass is 451 g/mol. The van der Waals surface area contributed by atoms with Gasteiger partial charge in [-0.05, 0) is 67.0 Å². The molecule has 0 radical (unpaired) electrons. The molecule has 0 aliphatic heterocycles. The second kappa shape index (κ2) is 9.65. The summed E-state index contributed by atoms with van der Waals surface area (Å²) >= 11 is 0. The number of hydrogen-bond donors (Lipinski definition) is 2. The summed E-state index contributed by atoms with van der Waals surface area (Å²) in [5.41, 5.74) is 11.2. The van der Waals surface area contributed by atoms with Crippen molar-refractivity contribution in [3.63, 3.8) is 0 Å². The number of guanidine groups is 1. The van der Waals surface area contributed by atoms with Crippen molar-refractivity contribution in [1.82, 2.24) is 0 Å². The number of nitrogens with two attached hydrogens (primary N) is 1. The highest BCUT2D eigenvalue weighted by Gasteiger charge is 2.12. The lowest BCUT2D eigenvalue weighted by molar-refractivity contribution is 0.414. The minimum absolute atomic E-state index is 0. The van der Waals surface area contributed by atoms with E-state index in [4.69, 9.17) is 10.5 Å². The Hall–Kier alpha value is -1.76. The third kappa shape index (κ3) is 5.36. The van der Waals surface area contributed by atoms with Crippen LogP contribution in [-0.4, -0.2) is 19.6 Å². The summed E-state index contributed by atoms with van der Waals surface area (Å²) < 4.78 is 5.17. The first kappa shape index (κ1) is 19.6.